The molecular weight excluding hydrogens is 439 g/mol. The molecule has 25 heavy (non-hydrogen) atoms. The van der Waals surface area contributed by atoms with Crippen molar-refractivity contribution < 1.29 is 31.5 Å². The average molecular weight is 467 g/mol. The fraction of sp³-hybridized carbons (Fsp3) is 0.750. The van der Waals surface area contributed by atoms with Gasteiger partial charge in [0.25, 0.3) is 0 Å². The average Bonchev–Trinajstić information content (AvgIpc) is 2.47. The van der Waals surface area contributed by atoms with Gasteiger partial charge in [-0.3, -0.25) is 0 Å². The minimum atomic E-state index is -5.51. The molecule has 0 aliphatic heterocycles. The SMILES string of the molecule is CCCC(=O)[O][Sn]([O]C(=O)CCC)([O]C(=O)CCC)[O]C(=O)CCC. The van der Waals surface area contributed by atoms with E-state index in [4.69, 9.17) is 12.3 Å². The van der Waals surface area contributed by atoms with Gasteiger partial charge in [0.1, 0.15) is 0 Å². The molecular formula is C16H28O8Sn. The molecule has 0 amide bonds. The Balaban J connectivity index is 5.55. The Morgan fingerprint density at radius 1 is 0.520 bits per heavy atom. The summed E-state index contributed by atoms with van der Waals surface area (Å²) < 4.78 is 20.7. The van der Waals surface area contributed by atoms with E-state index in [0.717, 1.165) is 0 Å². The zero-order valence-corrected chi connectivity index (χ0v) is 18.3. The third-order valence-electron chi connectivity index (χ3n) is 2.77. The minimum absolute atomic E-state index is 0.0284. The number of rotatable bonds is 12. The fourth-order valence-electron chi connectivity index (χ4n) is 1.70. The first-order valence-corrected chi connectivity index (χ1v) is 13.4. The number of hydrogen-bond acceptors (Lipinski definition) is 8. The summed E-state index contributed by atoms with van der Waals surface area (Å²) in [4.78, 5) is 47.7. The molecule has 0 aromatic rings. The van der Waals surface area contributed by atoms with Gasteiger partial charge in [0, 0.05) is 0 Å². The van der Waals surface area contributed by atoms with Gasteiger partial charge in [-0.05, 0) is 0 Å². The number of hydrogen-bond donors (Lipinski definition) is 0. The van der Waals surface area contributed by atoms with Crippen molar-refractivity contribution in [2.75, 3.05) is 0 Å². The van der Waals surface area contributed by atoms with E-state index in [9.17, 15) is 19.2 Å². The predicted octanol–water partition coefficient (Wildman–Crippen LogP) is 2.80. The van der Waals surface area contributed by atoms with Crippen LogP contribution in [0.3, 0.4) is 0 Å². The quantitative estimate of drug-likeness (QED) is 0.404. The Hall–Kier alpha value is -1.32. The first kappa shape index (κ1) is 23.7. The van der Waals surface area contributed by atoms with Crippen LogP contribution in [-0.2, 0) is 31.5 Å². The van der Waals surface area contributed by atoms with Crippen molar-refractivity contribution in [2.45, 2.75) is 79.1 Å². The summed E-state index contributed by atoms with van der Waals surface area (Å²) in [5, 5.41) is 0. The van der Waals surface area contributed by atoms with E-state index < -0.39 is 43.9 Å². The van der Waals surface area contributed by atoms with Crippen molar-refractivity contribution >= 4 is 43.9 Å². The van der Waals surface area contributed by atoms with E-state index in [1.54, 1.807) is 27.7 Å². The molecule has 0 spiro atoms. The van der Waals surface area contributed by atoms with Crippen LogP contribution in [0, 0.1) is 0 Å². The van der Waals surface area contributed by atoms with Crippen molar-refractivity contribution in [3.63, 3.8) is 0 Å². The molecule has 0 N–H and O–H groups in total. The van der Waals surface area contributed by atoms with Crippen LogP contribution >= 0.6 is 0 Å². The molecule has 0 atom stereocenters. The maximum atomic E-state index is 11.9. The van der Waals surface area contributed by atoms with Crippen LogP contribution in [0.1, 0.15) is 79.1 Å². The van der Waals surface area contributed by atoms with Crippen molar-refractivity contribution in [1.29, 1.82) is 0 Å². The first-order valence-electron chi connectivity index (χ1n) is 8.69. The van der Waals surface area contributed by atoms with Crippen molar-refractivity contribution in [2.24, 2.45) is 0 Å². The van der Waals surface area contributed by atoms with E-state index in [0.29, 0.717) is 25.7 Å². The summed E-state index contributed by atoms with van der Waals surface area (Å²) in [6, 6.07) is 0. The van der Waals surface area contributed by atoms with Crippen LogP contribution in [0.25, 0.3) is 0 Å². The van der Waals surface area contributed by atoms with Gasteiger partial charge in [-0.15, -0.1) is 0 Å². The topological polar surface area (TPSA) is 105 Å². The molecule has 0 aliphatic rings. The molecule has 144 valence electrons. The van der Waals surface area contributed by atoms with E-state index in [1.807, 2.05) is 0 Å². The molecule has 0 aliphatic carbocycles. The second-order valence-corrected chi connectivity index (χ2v) is 10.6. The Morgan fingerprint density at radius 2 is 0.720 bits per heavy atom. The van der Waals surface area contributed by atoms with Crippen LogP contribution in [-0.4, -0.2) is 43.9 Å². The third-order valence-corrected chi connectivity index (χ3v) is 8.23. The molecule has 0 aromatic heterocycles. The van der Waals surface area contributed by atoms with E-state index >= 15 is 0 Å². The van der Waals surface area contributed by atoms with Gasteiger partial charge < -0.3 is 0 Å². The van der Waals surface area contributed by atoms with Crippen LogP contribution < -0.4 is 0 Å². The molecule has 0 rings (SSSR count). The maximum absolute atomic E-state index is 11.9. The van der Waals surface area contributed by atoms with Crippen LogP contribution in [0.5, 0.6) is 0 Å². The number of carbonyl (C=O) groups excluding carboxylic acids is 4. The van der Waals surface area contributed by atoms with Gasteiger partial charge in [-0.25, -0.2) is 0 Å². The zero-order valence-electron chi connectivity index (χ0n) is 15.4. The standard InChI is InChI=1S/4C4H8O2.Sn/c4*1-2-3-4(5)6;/h4*2-3H2,1H3,(H,5,6);/q;;;;+4/p-4. The van der Waals surface area contributed by atoms with Crippen LogP contribution in [0.4, 0.5) is 0 Å². The summed E-state index contributed by atoms with van der Waals surface area (Å²) >= 11 is -5.51. The van der Waals surface area contributed by atoms with Gasteiger partial charge in [0.05, 0.1) is 0 Å². The van der Waals surface area contributed by atoms with Crippen LogP contribution in [0.2, 0.25) is 0 Å². The van der Waals surface area contributed by atoms with Gasteiger partial charge in [0.15, 0.2) is 0 Å². The fourth-order valence-corrected chi connectivity index (χ4v) is 6.77. The molecule has 0 radical (unpaired) electrons. The molecule has 0 unspecified atom stereocenters. The molecule has 0 heterocycles. The Bertz CT molecular complexity index is 378. The first-order chi connectivity index (χ1) is 11.8. The molecule has 8 nitrogen and oxygen atoms in total. The zero-order chi connectivity index (χ0) is 19.3. The van der Waals surface area contributed by atoms with Gasteiger partial charge >= 0.3 is 154 Å². The Labute approximate surface area is 154 Å². The van der Waals surface area contributed by atoms with Gasteiger partial charge in [-0.1, -0.05) is 0 Å². The van der Waals surface area contributed by atoms with Crippen LogP contribution in [0.15, 0.2) is 0 Å². The summed E-state index contributed by atoms with van der Waals surface area (Å²) in [6.07, 6.45) is 2.04. The summed E-state index contributed by atoms with van der Waals surface area (Å²) in [7, 11) is 0. The van der Waals surface area contributed by atoms with Crippen molar-refractivity contribution in [3.05, 3.63) is 0 Å². The molecule has 0 saturated carbocycles. The summed E-state index contributed by atoms with van der Waals surface area (Å²) in [5.41, 5.74) is 0. The van der Waals surface area contributed by atoms with Crippen molar-refractivity contribution in [1.82, 2.24) is 0 Å². The normalized spacial score (nSPS) is 10.7. The van der Waals surface area contributed by atoms with E-state index in [-0.39, 0.29) is 25.7 Å². The molecule has 0 saturated heterocycles. The predicted molar refractivity (Wildman–Crippen MR) is 89.8 cm³/mol. The molecule has 0 fully saturated rings. The van der Waals surface area contributed by atoms with Gasteiger partial charge in [0.2, 0.25) is 0 Å². The number of carbonyl (C=O) groups is 4. The molecule has 9 heteroatoms. The third kappa shape index (κ3) is 10.3. The second-order valence-electron chi connectivity index (χ2n) is 5.40. The summed E-state index contributed by atoms with van der Waals surface area (Å²) in [6.45, 7) is 7.03. The molecule has 0 bridgehead atoms. The van der Waals surface area contributed by atoms with E-state index in [2.05, 4.69) is 0 Å². The van der Waals surface area contributed by atoms with Gasteiger partial charge in [-0.2, -0.15) is 0 Å². The Kier molecular flexibility index (Phi) is 12.3. The van der Waals surface area contributed by atoms with E-state index in [1.165, 1.54) is 0 Å². The second kappa shape index (κ2) is 13.0. The molecule has 0 aromatic carbocycles. The summed E-state index contributed by atoms with van der Waals surface area (Å²) in [5.74, 6) is -2.90. The Morgan fingerprint density at radius 3 is 0.880 bits per heavy atom. The monoisotopic (exact) mass is 468 g/mol. The van der Waals surface area contributed by atoms with Crippen molar-refractivity contribution in [3.8, 4) is 0 Å².